The first-order valence-corrected chi connectivity index (χ1v) is 0. The molecule has 0 aliphatic heterocycles. The molecule has 0 fully saturated rings. The van der Waals surface area contributed by atoms with Gasteiger partial charge in [-0.1, -0.05) is 0 Å². The summed E-state index contributed by atoms with van der Waals surface area (Å²) >= 11 is 0. The zero-order valence-electron chi connectivity index (χ0n) is 2.10. The van der Waals surface area contributed by atoms with Crippen LogP contribution < -0.4 is 0 Å². The van der Waals surface area contributed by atoms with Crippen LogP contribution in [0.2, 0.25) is 0 Å². The van der Waals surface area contributed by atoms with Crippen molar-refractivity contribution in [3.05, 3.63) is 0 Å². The summed E-state index contributed by atoms with van der Waals surface area (Å²) in [5.41, 5.74) is 0. The van der Waals surface area contributed by atoms with E-state index in [-0.39, 0.29) is 61.9 Å². The Morgan fingerprint density at radius 2 is 0.750 bits per heavy atom. The molecule has 0 heterocycles. The van der Waals surface area contributed by atoms with Gasteiger partial charge in [-0.3, -0.25) is 0 Å². The predicted molar refractivity (Wildman–Crippen MR) is 13.2 cm³/mol. The van der Waals surface area contributed by atoms with E-state index in [1.807, 2.05) is 0 Å². The SMILES string of the molecule is O.[OH-].[OH-].[Sr+2]. The monoisotopic (exact) mass is 140 g/mol. The quantitative estimate of drug-likeness (QED) is 0.380. The van der Waals surface area contributed by atoms with E-state index in [1.165, 1.54) is 0 Å². The Morgan fingerprint density at radius 1 is 0.750 bits per heavy atom. The topological polar surface area (TPSA) is 91.5 Å². The fraction of sp³-hybridized carbons (Fsp3) is 0. The maximum Gasteiger partial charge on any atom is 2.00 e. The number of rotatable bonds is 0. The normalized spacial score (nSPS) is 0. The molecule has 4 heavy (non-hydrogen) atoms. The third kappa shape index (κ3) is 10.1. The molecule has 0 rings (SSSR count). The van der Waals surface area contributed by atoms with E-state index in [1.54, 1.807) is 0 Å². The molecule has 4 N–H and O–H groups in total. The van der Waals surface area contributed by atoms with Crippen molar-refractivity contribution < 1.29 is 16.4 Å². The largest absolute Gasteiger partial charge is 2.00 e. The molecular formula is H4O3Sr. The molecule has 3 nitrogen and oxygen atoms in total. The van der Waals surface area contributed by atoms with Crippen LogP contribution in [0, 0.1) is 0 Å². The molecule has 0 aliphatic rings. The summed E-state index contributed by atoms with van der Waals surface area (Å²) in [6.07, 6.45) is 0. The third-order valence-corrected chi connectivity index (χ3v) is 0. The summed E-state index contributed by atoms with van der Waals surface area (Å²) in [5, 5.41) is 0. The van der Waals surface area contributed by atoms with Crippen molar-refractivity contribution >= 4 is 45.5 Å². The second-order valence-electron chi connectivity index (χ2n) is 0. The van der Waals surface area contributed by atoms with E-state index >= 15 is 0 Å². The number of hydrogen-bond acceptors (Lipinski definition) is 2. The zero-order chi connectivity index (χ0) is 0. The Hall–Kier alpha value is 1.36. The van der Waals surface area contributed by atoms with E-state index in [0.717, 1.165) is 0 Å². The summed E-state index contributed by atoms with van der Waals surface area (Å²) in [4.78, 5) is 0. The molecule has 24 valence electrons. The van der Waals surface area contributed by atoms with E-state index in [0.29, 0.717) is 0 Å². The van der Waals surface area contributed by atoms with Crippen molar-refractivity contribution in [2.24, 2.45) is 0 Å². The van der Waals surface area contributed by atoms with Crippen LogP contribution in [0.5, 0.6) is 0 Å². The molecule has 4 heteroatoms. The van der Waals surface area contributed by atoms with Gasteiger partial charge in [-0.15, -0.1) is 0 Å². The van der Waals surface area contributed by atoms with Crippen molar-refractivity contribution in [2.45, 2.75) is 0 Å². The second-order valence-corrected chi connectivity index (χ2v) is 0. The minimum Gasteiger partial charge on any atom is -0.870 e. The Bertz CT molecular complexity index is 3.25. The van der Waals surface area contributed by atoms with Gasteiger partial charge in [-0.05, 0) is 0 Å². The summed E-state index contributed by atoms with van der Waals surface area (Å²) in [6, 6.07) is 0. The minimum atomic E-state index is 0. The van der Waals surface area contributed by atoms with Gasteiger partial charge in [0.2, 0.25) is 0 Å². The van der Waals surface area contributed by atoms with E-state index in [2.05, 4.69) is 0 Å². The maximum atomic E-state index is 0. The van der Waals surface area contributed by atoms with Crippen LogP contribution in [0.1, 0.15) is 0 Å². The molecule has 0 amide bonds. The molecule has 0 saturated carbocycles. The summed E-state index contributed by atoms with van der Waals surface area (Å²) < 4.78 is 0. The van der Waals surface area contributed by atoms with Gasteiger partial charge in [0.25, 0.3) is 0 Å². The minimum absolute atomic E-state index is 0. The fourth-order valence-corrected chi connectivity index (χ4v) is 0. The molecule has 0 aromatic rings. The van der Waals surface area contributed by atoms with Gasteiger partial charge in [0, 0.05) is 0 Å². The molecular weight excluding hydrogens is 136 g/mol. The molecule has 0 unspecified atom stereocenters. The van der Waals surface area contributed by atoms with Crippen LogP contribution >= 0.6 is 0 Å². The molecule has 0 aliphatic carbocycles. The predicted octanol–water partition coefficient (Wildman–Crippen LogP) is -1.56. The van der Waals surface area contributed by atoms with Crippen molar-refractivity contribution in [3.63, 3.8) is 0 Å². The molecule has 0 aromatic carbocycles. The van der Waals surface area contributed by atoms with E-state index in [9.17, 15) is 0 Å². The van der Waals surface area contributed by atoms with Crippen LogP contribution in [0.3, 0.4) is 0 Å². The van der Waals surface area contributed by atoms with E-state index < -0.39 is 0 Å². The van der Waals surface area contributed by atoms with E-state index in [4.69, 9.17) is 0 Å². The van der Waals surface area contributed by atoms with Crippen LogP contribution in [0.4, 0.5) is 0 Å². The number of hydrogen-bond donors (Lipinski definition) is 0. The Morgan fingerprint density at radius 3 is 0.750 bits per heavy atom. The summed E-state index contributed by atoms with van der Waals surface area (Å²) in [6.45, 7) is 0. The summed E-state index contributed by atoms with van der Waals surface area (Å²) in [5.74, 6) is 0. The second kappa shape index (κ2) is 26.6. The Labute approximate surface area is 61.2 Å². The Kier molecular flexibility index (Phi) is 366. The maximum absolute atomic E-state index is 0. The molecule has 0 atom stereocenters. The standard InChI is InChI=1S/3H2O.Sr/h3*1H2;/q;;;+2/p-2. The summed E-state index contributed by atoms with van der Waals surface area (Å²) in [7, 11) is 0. The van der Waals surface area contributed by atoms with Crippen molar-refractivity contribution in [1.29, 1.82) is 0 Å². The van der Waals surface area contributed by atoms with Crippen molar-refractivity contribution in [1.82, 2.24) is 0 Å². The molecule has 0 radical (unpaired) electrons. The zero-order valence-corrected chi connectivity index (χ0v) is 5.58. The van der Waals surface area contributed by atoms with Gasteiger partial charge in [0.1, 0.15) is 0 Å². The van der Waals surface area contributed by atoms with Gasteiger partial charge in [-0.25, -0.2) is 0 Å². The Balaban J connectivity index is 0. The molecule has 0 bridgehead atoms. The van der Waals surface area contributed by atoms with Crippen LogP contribution in [0.25, 0.3) is 0 Å². The van der Waals surface area contributed by atoms with Gasteiger partial charge < -0.3 is 16.4 Å². The van der Waals surface area contributed by atoms with Crippen molar-refractivity contribution in [2.75, 3.05) is 0 Å². The first-order chi connectivity index (χ1) is 0. The fourth-order valence-electron chi connectivity index (χ4n) is 0. The first-order valence-electron chi connectivity index (χ1n) is 0. The smallest absolute Gasteiger partial charge is 0.870 e. The van der Waals surface area contributed by atoms with Gasteiger partial charge in [0.15, 0.2) is 0 Å². The van der Waals surface area contributed by atoms with Crippen molar-refractivity contribution in [3.8, 4) is 0 Å². The average Bonchev–Trinajstić information content (AvgIpc) is 0. The van der Waals surface area contributed by atoms with Gasteiger partial charge >= 0.3 is 45.5 Å². The average molecular weight is 140 g/mol. The van der Waals surface area contributed by atoms with Crippen LogP contribution in [-0.4, -0.2) is 61.9 Å². The van der Waals surface area contributed by atoms with Crippen LogP contribution in [-0.2, 0) is 0 Å². The van der Waals surface area contributed by atoms with Gasteiger partial charge in [0.05, 0.1) is 0 Å². The molecule has 0 aromatic heterocycles. The third-order valence-electron chi connectivity index (χ3n) is 0. The molecule has 0 saturated heterocycles. The molecule has 0 spiro atoms. The van der Waals surface area contributed by atoms with Gasteiger partial charge in [-0.2, -0.15) is 0 Å². The van der Waals surface area contributed by atoms with Crippen LogP contribution in [0.15, 0.2) is 0 Å². The first kappa shape index (κ1) is 55.1.